The van der Waals surface area contributed by atoms with Gasteiger partial charge in [-0.25, -0.2) is 0 Å². The molecule has 1 saturated heterocycles. The number of likely N-dealkylation sites (tertiary alicyclic amines) is 1. The van der Waals surface area contributed by atoms with Gasteiger partial charge >= 0.3 is 5.00 Å². The van der Waals surface area contributed by atoms with E-state index >= 15 is 0 Å². The predicted octanol–water partition coefficient (Wildman–Crippen LogP) is 2.62. The first kappa shape index (κ1) is 14.4. The summed E-state index contributed by atoms with van der Waals surface area (Å²) in [4.78, 5) is 13.8. The first-order valence-electron chi connectivity index (χ1n) is 6.84. The lowest BCUT2D eigenvalue weighted by Gasteiger charge is -2.32. The van der Waals surface area contributed by atoms with Gasteiger partial charge in [-0.3, -0.25) is 15.0 Å². The van der Waals surface area contributed by atoms with Crippen LogP contribution in [0.1, 0.15) is 31.1 Å². The molecule has 1 aliphatic rings. The average Bonchev–Trinajstić information content (AvgIpc) is 2.89. The third-order valence-corrected chi connectivity index (χ3v) is 4.62. The maximum Gasteiger partial charge on any atom is 0.324 e. The van der Waals surface area contributed by atoms with Crippen LogP contribution in [-0.4, -0.2) is 35.5 Å². The van der Waals surface area contributed by atoms with Crippen LogP contribution in [-0.2, 0) is 6.54 Å². The first-order chi connectivity index (χ1) is 9.16. The van der Waals surface area contributed by atoms with Crippen LogP contribution in [0.5, 0.6) is 0 Å². The van der Waals surface area contributed by atoms with Crippen molar-refractivity contribution in [3.8, 4) is 0 Å². The van der Waals surface area contributed by atoms with E-state index in [-0.39, 0.29) is 9.92 Å². The molecule has 6 heteroatoms. The van der Waals surface area contributed by atoms with E-state index in [2.05, 4.69) is 17.1 Å². The average molecular weight is 283 g/mol. The number of hydrogen-bond donors (Lipinski definition) is 1. The monoisotopic (exact) mass is 283 g/mol. The highest BCUT2D eigenvalue weighted by Crippen LogP contribution is 2.23. The summed E-state index contributed by atoms with van der Waals surface area (Å²) in [5.74, 6) is 0. The molecule has 0 aromatic carbocycles. The molecule has 2 heterocycles. The van der Waals surface area contributed by atoms with Gasteiger partial charge in [0, 0.05) is 30.1 Å². The molecular formula is C13H21N3O2S. The summed E-state index contributed by atoms with van der Waals surface area (Å²) in [6.45, 7) is 6.30. The Morgan fingerprint density at radius 1 is 1.42 bits per heavy atom. The van der Waals surface area contributed by atoms with Crippen molar-refractivity contribution in [2.24, 2.45) is 0 Å². The van der Waals surface area contributed by atoms with Crippen LogP contribution in [0.3, 0.4) is 0 Å². The van der Waals surface area contributed by atoms with Crippen LogP contribution in [0, 0.1) is 10.1 Å². The van der Waals surface area contributed by atoms with E-state index in [1.54, 1.807) is 6.07 Å². The first-order valence-corrected chi connectivity index (χ1v) is 7.66. The van der Waals surface area contributed by atoms with Crippen LogP contribution in [0.2, 0.25) is 0 Å². The Morgan fingerprint density at radius 3 is 2.79 bits per heavy atom. The summed E-state index contributed by atoms with van der Waals surface area (Å²) in [5.41, 5.74) is 0. The molecule has 5 nitrogen and oxygen atoms in total. The number of nitrogens with zero attached hydrogens (tertiary/aromatic N) is 2. The molecule has 1 aromatic rings. The van der Waals surface area contributed by atoms with E-state index in [1.165, 1.54) is 43.7 Å². The fourth-order valence-corrected chi connectivity index (χ4v) is 3.24. The molecule has 1 aliphatic heterocycles. The molecule has 0 aliphatic carbocycles. The second-order valence-electron chi connectivity index (χ2n) is 5.07. The van der Waals surface area contributed by atoms with Crippen molar-refractivity contribution in [3.63, 3.8) is 0 Å². The van der Waals surface area contributed by atoms with Crippen LogP contribution in [0.15, 0.2) is 12.1 Å². The van der Waals surface area contributed by atoms with Gasteiger partial charge in [0.2, 0.25) is 0 Å². The minimum Gasteiger partial charge on any atom is -0.310 e. The van der Waals surface area contributed by atoms with Crippen LogP contribution < -0.4 is 5.32 Å². The number of piperidine rings is 1. The Labute approximate surface area is 117 Å². The minimum atomic E-state index is -0.329. The largest absolute Gasteiger partial charge is 0.324 e. The van der Waals surface area contributed by atoms with Gasteiger partial charge in [-0.05, 0) is 38.9 Å². The summed E-state index contributed by atoms with van der Waals surface area (Å²) in [5, 5.41) is 14.2. The molecule has 0 amide bonds. The van der Waals surface area contributed by atoms with Crippen molar-refractivity contribution in [3.05, 3.63) is 27.1 Å². The number of nitro groups is 1. The third kappa shape index (κ3) is 4.26. The maximum absolute atomic E-state index is 10.6. The molecule has 106 valence electrons. The molecule has 0 radical (unpaired) electrons. The van der Waals surface area contributed by atoms with Gasteiger partial charge in [0.25, 0.3) is 0 Å². The summed E-state index contributed by atoms with van der Waals surface area (Å²) in [6.07, 6.45) is 3.97. The molecule has 1 N–H and O–H groups in total. The van der Waals surface area contributed by atoms with Crippen molar-refractivity contribution in [2.75, 3.05) is 19.6 Å². The van der Waals surface area contributed by atoms with E-state index in [9.17, 15) is 10.1 Å². The predicted molar refractivity (Wildman–Crippen MR) is 77.6 cm³/mol. The lowest BCUT2D eigenvalue weighted by Crippen LogP contribution is -2.42. The summed E-state index contributed by atoms with van der Waals surface area (Å²) < 4.78 is 0. The highest BCUT2D eigenvalue weighted by atomic mass is 32.1. The van der Waals surface area contributed by atoms with E-state index < -0.39 is 0 Å². The summed E-state index contributed by atoms with van der Waals surface area (Å²) in [6, 6.07) is 3.95. The number of hydrogen-bond acceptors (Lipinski definition) is 5. The van der Waals surface area contributed by atoms with Gasteiger partial charge in [0.15, 0.2) is 0 Å². The zero-order valence-corrected chi connectivity index (χ0v) is 12.1. The molecule has 1 fully saturated rings. The van der Waals surface area contributed by atoms with Crippen LogP contribution in [0.4, 0.5) is 5.00 Å². The quantitative estimate of drug-likeness (QED) is 0.644. The standard InChI is InChI=1S/C13H21N3O2S/c1-11(15-7-3-2-4-8-15)9-14-10-12-5-6-13(19-12)16(17)18/h5-6,11,14H,2-4,7-10H2,1H3. The van der Waals surface area contributed by atoms with Gasteiger partial charge in [-0.15, -0.1) is 0 Å². The Bertz CT molecular complexity index is 416. The van der Waals surface area contributed by atoms with Crippen molar-refractivity contribution >= 4 is 16.3 Å². The van der Waals surface area contributed by atoms with E-state index in [0.717, 1.165) is 18.0 Å². The van der Waals surface area contributed by atoms with Crippen molar-refractivity contribution in [1.82, 2.24) is 10.2 Å². The molecule has 1 atom stereocenters. The highest BCUT2D eigenvalue weighted by molar-refractivity contribution is 7.15. The molecule has 1 unspecified atom stereocenters. The Morgan fingerprint density at radius 2 is 2.16 bits per heavy atom. The Hall–Kier alpha value is -0.980. The van der Waals surface area contributed by atoms with Crippen molar-refractivity contribution < 1.29 is 4.92 Å². The maximum atomic E-state index is 10.6. The number of rotatable bonds is 6. The molecular weight excluding hydrogens is 262 g/mol. The second kappa shape index (κ2) is 6.98. The SMILES string of the molecule is CC(CNCc1ccc([N+](=O)[O-])s1)N1CCCCC1. The van der Waals surface area contributed by atoms with E-state index in [4.69, 9.17) is 0 Å². The lowest BCUT2D eigenvalue weighted by molar-refractivity contribution is -0.380. The molecule has 19 heavy (non-hydrogen) atoms. The number of nitrogens with one attached hydrogen (secondary N) is 1. The zero-order valence-electron chi connectivity index (χ0n) is 11.3. The van der Waals surface area contributed by atoms with Crippen LogP contribution in [0.25, 0.3) is 0 Å². The van der Waals surface area contributed by atoms with Crippen LogP contribution >= 0.6 is 11.3 Å². The smallest absolute Gasteiger partial charge is 0.310 e. The minimum absolute atomic E-state index is 0.223. The topological polar surface area (TPSA) is 58.4 Å². The normalized spacial score (nSPS) is 18.4. The Kier molecular flexibility index (Phi) is 5.30. The molecule has 0 spiro atoms. The lowest BCUT2D eigenvalue weighted by atomic mass is 10.1. The van der Waals surface area contributed by atoms with E-state index in [1.807, 2.05) is 6.07 Å². The molecule has 0 bridgehead atoms. The van der Waals surface area contributed by atoms with Gasteiger partial charge in [0.1, 0.15) is 0 Å². The van der Waals surface area contributed by atoms with Crippen molar-refractivity contribution in [2.45, 2.75) is 38.8 Å². The summed E-state index contributed by atoms with van der Waals surface area (Å²) >= 11 is 1.25. The summed E-state index contributed by atoms with van der Waals surface area (Å²) in [7, 11) is 0. The Balaban J connectivity index is 1.71. The van der Waals surface area contributed by atoms with Gasteiger partial charge in [-0.1, -0.05) is 17.8 Å². The zero-order chi connectivity index (χ0) is 13.7. The number of thiophene rings is 1. The fraction of sp³-hybridized carbons (Fsp3) is 0.692. The van der Waals surface area contributed by atoms with Crippen molar-refractivity contribution in [1.29, 1.82) is 0 Å². The van der Waals surface area contributed by atoms with Gasteiger partial charge in [-0.2, -0.15) is 0 Å². The molecule has 2 rings (SSSR count). The van der Waals surface area contributed by atoms with Gasteiger partial charge < -0.3 is 5.32 Å². The second-order valence-corrected chi connectivity index (χ2v) is 6.22. The molecule has 1 aromatic heterocycles. The van der Waals surface area contributed by atoms with Gasteiger partial charge in [0.05, 0.1) is 4.92 Å². The highest BCUT2D eigenvalue weighted by Gasteiger charge is 2.16. The fourth-order valence-electron chi connectivity index (χ4n) is 2.45. The third-order valence-electron chi connectivity index (χ3n) is 3.58. The van der Waals surface area contributed by atoms with E-state index in [0.29, 0.717) is 6.04 Å². The molecule has 0 saturated carbocycles.